The molecule has 1 heterocycles. The fourth-order valence-electron chi connectivity index (χ4n) is 1.55. The molecule has 2 aromatic rings. The van der Waals surface area contributed by atoms with E-state index >= 15 is 0 Å². The lowest BCUT2D eigenvalue weighted by atomic mass is 10.2. The van der Waals surface area contributed by atoms with Crippen molar-refractivity contribution in [2.24, 2.45) is 0 Å². The van der Waals surface area contributed by atoms with Crippen LogP contribution in [0.15, 0.2) is 40.8 Å². The molecule has 2 amide bonds. The molecule has 114 valence electrons. The van der Waals surface area contributed by atoms with Gasteiger partial charge in [0.15, 0.2) is 5.76 Å². The lowest BCUT2D eigenvalue weighted by Crippen LogP contribution is -2.12. The lowest BCUT2D eigenvalue weighted by Gasteiger charge is -2.06. The smallest absolute Gasteiger partial charge is 0.433 e. The van der Waals surface area contributed by atoms with Gasteiger partial charge in [-0.25, -0.2) is 4.79 Å². The molecule has 0 spiro atoms. The highest BCUT2D eigenvalue weighted by Crippen LogP contribution is 2.18. The van der Waals surface area contributed by atoms with Crippen LogP contribution in [0.1, 0.15) is 10.6 Å². The average molecular weight is 305 g/mol. The quantitative estimate of drug-likeness (QED) is 0.661. The zero-order chi connectivity index (χ0) is 16.1. The summed E-state index contributed by atoms with van der Waals surface area (Å²) in [7, 11) is 1.24. The van der Waals surface area contributed by atoms with E-state index in [4.69, 9.17) is 4.42 Å². The number of furan rings is 1. The van der Waals surface area contributed by atoms with E-state index in [-0.39, 0.29) is 5.76 Å². The normalized spacial score (nSPS) is 9.86. The maximum atomic E-state index is 11.8. The summed E-state index contributed by atoms with van der Waals surface area (Å²) in [6.45, 7) is 0. The second kappa shape index (κ2) is 6.39. The molecule has 1 aromatic carbocycles. The Hall–Kier alpha value is -3.36. The molecule has 0 fully saturated rings. The number of nitrogens with one attached hydrogen (secondary N) is 2. The van der Waals surface area contributed by atoms with E-state index in [1.54, 1.807) is 24.3 Å². The molecule has 0 radical (unpaired) electrons. The fourth-order valence-corrected chi connectivity index (χ4v) is 1.55. The van der Waals surface area contributed by atoms with E-state index in [1.807, 2.05) is 0 Å². The summed E-state index contributed by atoms with van der Waals surface area (Å²) in [6, 6.07) is 8.49. The molecule has 0 aliphatic heterocycles. The Morgan fingerprint density at radius 3 is 2.18 bits per heavy atom. The van der Waals surface area contributed by atoms with Crippen molar-refractivity contribution in [3.8, 4) is 0 Å². The first kappa shape index (κ1) is 15.0. The molecule has 0 unspecified atom stereocenters. The molecule has 22 heavy (non-hydrogen) atoms. The number of anilines is 2. The summed E-state index contributed by atoms with van der Waals surface area (Å²) >= 11 is 0. The minimum atomic E-state index is -0.732. The summed E-state index contributed by atoms with van der Waals surface area (Å²) < 4.78 is 9.23. The van der Waals surface area contributed by atoms with Gasteiger partial charge in [0.2, 0.25) is 0 Å². The van der Waals surface area contributed by atoms with Crippen LogP contribution in [0.3, 0.4) is 0 Å². The average Bonchev–Trinajstić information content (AvgIpc) is 2.99. The molecule has 9 heteroatoms. The first-order valence-corrected chi connectivity index (χ1v) is 6.00. The van der Waals surface area contributed by atoms with Gasteiger partial charge in [-0.15, -0.1) is 0 Å². The van der Waals surface area contributed by atoms with Crippen molar-refractivity contribution in [3.63, 3.8) is 0 Å². The molecule has 0 aliphatic rings. The third-order valence-corrected chi connectivity index (χ3v) is 2.57. The highest BCUT2D eigenvalue weighted by atomic mass is 16.6. The molecule has 2 N–H and O–H groups in total. The topological polar surface area (TPSA) is 124 Å². The highest BCUT2D eigenvalue weighted by molar-refractivity contribution is 6.02. The van der Waals surface area contributed by atoms with Gasteiger partial charge in [0, 0.05) is 11.4 Å². The van der Waals surface area contributed by atoms with E-state index in [0.29, 0.717) is 11.4 Å². The van der Waals surface area contributed by atoms with E-state index in [9.17, 15) is 19.7 Å². The van der Waals surface area contributed by atoms with Crippen LogP contribution in [0.2, 0.25) is 0 Å². The van der Waals surface area contributed by atoms with Crippen LogP contribution in [0.25, 0.3) is 0 Å². The van der Waals surface area contributed by atoms with Gasteiger partial charge in [-0.3, -0.25) is 20.2 Å². The van der Waals surface area contributed by atoms with Crippen LogP contribution < -0.4 is 10.6 Å². The Labute approximate surface area is 124 Å². The van der Waals surface area contributed by atoms with Crippen LogP contribution in [0.4, 0.5) is 22.1 Å². The van der Waals surface area contributed by atoms with Crippen LogP contribution >= 0.6 is 0 Å². The van der Waals surface area contributed by atoms with Gasteiger partial charge in [0.25, 0.3) is 5.91 Å². The molecule has 2 rings (SSSR count). The van der Waals surface area contributed by atoms with Gasteiger partial charge < -0.3 is 14.5 Å². The van der Waals surface area contributed by atoms with Gasteiger partial charge in [-0.2, -0.15) is 0 Å². The molecular weight excluding hydrogens is 294 g/mol. The number of hydrogen-bond acceptors (Lipinski definition) is 6. The summed E-state index contributed by atoms with van der Waals surface area (Å²) in [6.07, 6.45) is -0.611. The van der Waals surface area contributed by atoms with Crippen LogP contribution in [0.5, 0.6) is 0 Å². The van der Waals surface area contributed by atoms with Crippen LogP contribution in [0, 0.1) is 10.1 Å². The second-order valence-electron chi connectivity index (χ2n) is 4.04. The summed E-state index contributed by atoms with van der Waals surface area (Å²) in [4.78, 5) is 32.6. The number of rotatable bonds is 4. The van der Waals surface area contributed by atoms with Gasteiger partial charge >= 0.3 is 12.0 Å². The van der Waals surface area contributed by atoms with Crippen molar-refractivity contribution in [1.29, 1.82) is 0 Å². The molecule has 0 aliphatic carbocycles. The van der Waals surface area contributed by atoms with E-state index < -0.39 is 22.8 Å². The predicted octanol–water partition coefficient (Wildman–Crippen LogP) is 2.62. The molecule has 0 saturated carbocycles. The zero-order valence-electron chi connectivity index (χ0n) is 11.4. The van der Waals surface area contributed by atoms with E-state index in [2.05, 4.69) is 15.4 Å². The van der Waals surface area contributed by atoms with E-state index in [1.165, 1.54) is 13.2 Å². The highest BCUT2D eigenvalue weighted by Gasteiger charge is 2.17. The third kappa shape index (κ3) is 3.60. The fraction of sp³-hybridized carbons (Fsp3) is 0.0769. The zero-order valence-corrected chi connectivity index (χ0v) is 11.4. The van der Waals surface area contributed by atoms with Crippen LogP contribution in [-0.2, 0) is 4.74 Å². The number of nitro groups is 1. The first-order valence-electron chi connectivity index (χ1n) is 6.00. The summed E-state index contributed by atoms with van der Waals surface area (Å²) in [5, 5.41) is 15.4. The SMILES string of the molecule is COC(=O)Nc1ccc(NC(=O)c2ccc([N+](=O)[O-])o2)cc1. The largest absolute Gasteiger partial charge is 0.453 e. The van der Waals surface area contributed by atoms with Crippen molar-refractivity contribution in [3.05, 3.63) is 52.3 Å². The maximum Gasteiger partial charge on any atom is 0.433 e. The maximum absolute atomic E-state index is 11.8. The van der Waals surface area contributed by atoms with Crippen molar-refractivity contribution in [2.75, 3.05) is 17.7 Å². The Bertz CT molecular complexity index is 707. The number of carbonyl (C=O) groups is 2. The number of methoxy groups -OCH3 is 1. The first-order chi connectivity index (χ1) is 10.5. The van der Waals surface area contributed by atoms with Crippen molar-refractivity contribution in [1.82, 2.24) is 0 Å². The minimum absolute atomic E-state index is 0.177. The number of carbonyl (C=O) groups excluding carboxylic acids is 2. The number of hydrogen-bond donors (Lipinski definition) is 2. The van der Waals surface area contributed by atoms with Crippen molar-refractivity contribution in [2.45, 2.75) is 0 Å². The Kier molecular flexibility index (Phi) is 4.37. The molecule has 0 atom stereocenters. The molecule has 9 nitrogen and oxygen atoms in total. The van der Waals surface area contributed by atoms with Crippen molar-refractivity contribution < 1.29 is 23.7 Å². The summed E-state index contributed by atoms with van der Waals surface area (Å²) in [5.74, 6) is -1.31. The molecular formula is C13H11N3O6. The van der Waals surface area contributed by atoms with Gasteiger partial charge in [0.05, 0.1) is 13.2 Å². The van der Waals surface area contributed by atoms with Gasteiger partial charge in [-0.1, -0.05) is 0 Å². The Morgan fingerprint density at radius 2 is 1.68 bits per heavy atom. The molecule has 0 saturated heterocycles. The monoisotopic (exact) mass is 305 g/mol. The number of ether oxygens (including phenoxy) is 1. The number of nitrogens with zero attached hydrogens (tertiary/aromatic N) is 1. The Balaban J connectivity index is 2.02. The van der Waals surface area contributed by atoms with Crippen LogP contribution in [-0.4, -0.2) is 24.0 Å². The Morgan fingerprint density at radius 1 is 1.09 bits per heavy atom. The molecule has 0 bridgehead atoms. The lowest BCUT2D eigenvalue weighted by molar-refractivity contribution is -0.402. The molecule has 1 aromatic heterocycles. The van der Waals surface area contributed by atoms with Gasteiger partial charge in [-0.05, 0) is 30.3 Å². The van der Waals surface area contributed by atoms with E-state index in [0.717, 1.165) is 6.07 Å². The second-order valence-corrected chi connectivity index (χ2v) is 4.04. The number of amides is 2. The standard InChI is InChI=1S/C13H11N3O6/c1-21-13(18)15-9-4-2-8(3-5-9)14-12(17)10-6-7-11(22-10)16(19)20/h2-7H,1H3,(H,14,17)(H,15,18). The predicted molar refractivity (Wildman–Crippen MR) is 75.8 cm³/mol. The summed E-state index contributed by atoms with van der Waals surface area (Å²) in [5.41, 5.74) is 0.915. The van der Waals surface area contributed by atoms with Crippen molar-refractivity contribution >= 4 is 29.3 Å². The van der Waals surface area contributed by atoms with Gasteiger partial charge in [0.1, 0.15) is 4.92 Å². The third-order valence-electron chi connectivity index (χ3n) is 2.57. The number of benzene rings is 1. The minimum Gasteiger partial charge on any atom is -0.453 e.